The smallest absolute Gasteiger partial charge is 0.237 e. The zero-order valence-electron chi connectivity index (χ0n) is 12.5. The average Bonchev–Trinajstić information content (AvgIpc) is 2.53. The summed E-state index contributed by atoms with van der Waals surface area (Å²) in [7, 11) is 1.56. The van der Waals surface area contributed by atoms with Gasteiger partial charge in [-0.05, 0) is 36.8 Å². The van der Waals surface area contributed by atoms with Crippen LogP contribution in [0.1, 0.15) is 12.5 Å². The first kappa shape index (κ1) is 16.4. The van der Waals surface area contributed by atoms with E-state index in [-0.39, 0.29) is 17.0 Å². The molecule has 1 unspecified atom stereocenters. The molecule has 2 aromatic rings. The number of carbonyl (C=O) groups excluding carboxylic acids is 1. The number of methoxy groups -OCH3 is 1. The SMILES string of the molecule is COc1ccccc1NC(=O)C(C)SCc1cccc(F)c1. The van der Waals surface area contributed by atoms with Gasteiger partial charge in [-0.3, -0.25) is 4.79 Å². The molecule has 5 heteroatoms. The van der Waals surface area contributed by atoms with E-state index in [1.165, 1.54) is 23.9 Å². The van der Waals surface area contributed by atoms with Crippen LogP contribution in [0.3, 0.4) is 0 Å². The van der Waals surface area contributed by atoms with Crippen LogP contribution in [-0.4, -0.2) is 18.3 Å². The van der Waals surface area contributed by atoms with Crippen molar-refractivity contribution in [2.45, 2.75) is 17.9 Å². The molecule has 0 fully saturated rings. The van der Waals surface area contributed by atoms with E-state index >= 15 is 0 Å². The number of rotatable bonds is 6. The summed E-state index contributed by atoms with van der Waals surface area (Å²) in [5, 5.41) is 2.59. The Labute approximate surface area is 133 Å². The van der Waals surface area contributed by atoms with Gasteiger partial charge in [0, 0.05) is 5.75 Å². The lowest BCUT2D eigenvalue weighted by Gasteiger charge is -2.14. The van der Waals surface area contributed by atoms with E-state index in [1.807, 2.05) is 25.1 Å². The van der Waals surface area contributed by atoms with Gasteiger partial charge < -0.3 is 10.1 Å². The van der Waals surface area contributed by atoms with Crippen molar-refractivity contribution in [3.8, 4) is 5.75 Å². The summed E-state index contributed by atoms with van der Waals surface area (Å²) in [6, 6.07) is 13.7. The van der Waals surface area contributed by atoms with Gasteiger partial charge >= 0.3 is 0 Å². The second-order valence-electron chi connectivity index (χ2n) is 4.77. The first-order valence-corrected chi connectivity index (χ1v) is 7.95. The van der Waals surface area contributed by atoms with Gasteiger partial charge in [0.15, 0.2) is 0 Å². The van der Waals surface area contributed by atoms with Gasteiger partial charge in [-0.15, -0.1) is 11.8 Å². The maximum atomic E-state index is 13.1. The number of hydrogen-bond donors (Lipinski definition) is 1. The summed E-state index contributed by atoms with van der Waals surface area (Å²) in [4.78, 5) is 12.2. The third-order valence-electron chi connectivity index (χ3n) is 3.12. The van der Waals surface area contributed by atoms with E-state index in [2.05, 4.69) is 5.32 Å². The predicted molar refractivity (Wildman–Crippen MR) is 88.8 cm³/mol. The van der Waals surface area contributed by atoms with Crippen LogP contribution >= 0.6 is 11.8 Å². The van der Waals surface area contributed by atoms with Crippen molar-refractivity contribution in [2.75, 3.05) is 12.4 Å². The molecule has 2 rings (SSSR count). The zero-order valence-corrected chi connectivity index (χ0v) is 13.3. The standard InChI is InChI=1S/C17H18FNO2S/c1-12(22-11-13-6-5-7-14(18)10-13)17(20)19-15-8-3-4-9-16(15)21-2/h3-10,12H,11H2,1-2H3,(H,19,20). The molecule has 1 N–H and O–H groups in total. The summed E-state index contributed by atoms with van der Waals surface area (Å²) in [6.07, 6.45) is 0. The Bertz CT molecular complexity index is 648. The third kappa shape index (κ3) is 4.49. The lowest BCUT2D eigenvalue weighted by Crippen LogP contribution is -2.22. The van der Waals surface area contributed by atoms with Crippen LogP contribution in [0.5, 0.6) is 5.75 Å². The summed E-state index contributed by atoms with van der Waals surface area (Å²) >= 11 is 1.46. The Morgan fingerprint density at radius 2 is 2.05 bits per heavy atom. The van der Waals surface area contributed by atoms with E-state index in [9.17, 15) is 9.18 Å². The molecule has 0 saturated carbocycles. The second kappa shape index (κ2) is 7.84. The zero-order chi connectivity index (χ0) is 15.9. The monoisotopic (exact) mass is 319 g/mol. The minimum Gasteiger partial charge on any atom is -0.495 e. The number of hydrogen-bond acceptors (Lipinski definition) is 3. The van der Waals surface area contributed by atoms with Crippen LogP contribution in [0.15, 0.2) is 48.5 Å². The molecule has 0 radical (unpaired) electrons. The molecule has 0 aliphatic rings. The van der Waals surface area contributed by atoms with Crippen molar-refractivity contribution in [3.63, 3.8) is 0 Å². The van der Waals surface area contributed by atoms with Crippen molar-refractivity contribution >= 4 is 23.4 Å². The highest BCUT2D eigenvalue weighted by Crippen LogP contribution is 2.25. The topological polar surface area (TPSA) is 38.3 Å². The largest absolute Gasteiger partial charge is 0.495 e. The summed E-state index contributed by atoms with van der Waals surface area (Å²) in [5.74, 6) is 0.839. The molecule has 0 saturated heterocycles. The lowest BCUT2D eigenvalue weighted by molar-refractivity contribution is -0.115. The molecule has 0 spiro atoms. The van der Waals surface area contributed by atoms with Crippen LogP contribution in [0.2, 0.25) is 0 Å². The quantitative estimate of drug-likeness (QED) is 0.871. The summed E-state index contributed by atoms with van der Waals surface area (Å²) < 4.78 is 18.3. The number of thioether (sulfide) groups is 1. The van der Waals surface area contributed by atoms with Gasteiger partial charge in [0.2, 0.25) is 5.91 Å². The first-order chi connectivity index (χ1) is 10.6. The number of para-hydroxylation sites is 2. The van der Waals surface area contributed by atoms with E-state index < -0.39 is 0 Å². The van der Waals surface area contributed by atoms with Crippen molar-refractivity contribution in [3.05, 3.63) is 59.9 Å². The van der Waals surface area contributed by atoms with Crippen molar-refractivity contribution in [1.29, 1.82) is 0 Å². The molecule has 116 valence electrons. The molecule has 0 aliphatic heterocycles. The van der Waals surface area contributed by atoms with E-state index in [0.717, 1.165) is 5.56 Å². The lowest BCUT2D eigenvalue weighted by atomic mass is 10.2. The van der Waals surface area contributed by atoms with Gasteiger partial charge in [-0.2, -0.15) is 0 Å². The van der Waals surface area contributed by atoms with Crippen LogP contribution in [0.4, 0.5) is 10.1 Å². The number of benzene rings is 2. The fourth-order valence-electron chi connectivity index (χ4n) is 1.91. The molecule has 3 nitrogen and oxygen atoms in total. The Morgan fingerprint density at radius 1 is 1.27 bits per heavy atom. The van der Waals surface area contributed by atoms with E-state index in [0.29, 0.717) is 17.2 Å². The highest BCUT2D eigenvalue weighted by Gasteiger charge is 2.15. The summed E-state index contributed by atoms with van der Waals surface area (Å²) in [6.45, 7) is 1.83. The van der Waals surface area contributed by atoms with Crippen LogP contribution < -0.4 is 10.1 Å². The molecule has 2 aromatic carbocycles. The predicted octanol–water partition coefficient (Wildman–Crippen LogP) is 4.09. The molecule has 1 amide bonds. The Balaban J connectivity index is 1.92. The Kier molecular flexibility index (Phi) is 5.83. The van der Waals surface area contributed by atoms with Gasteiger partial charge in [0.25, 0.3) is 0 Å². The third-order valence-corrected chi connectivity index (χ3v) is 4.34. The minimum atomic E-state index is -0.260. The van der Waals surface area contributed by atoms with Crippen LogP contribution in [-0.2, 0) is 10.5 Å². The molecular weight excluding hydrogens is 301 g/mol. The number of amides is 1. The number of carbonyl (C=O) groups is 1. The second-order valence-corrected chi connectivity index (χ2v) is 6.10. The fraction of sp³-hybridized carbons (Fsp3) is 0.235. The highest BCUT2D eigenvalue weighted by molar-refractivity contribution is 7.99. The number of ether oxygens (including phenoxy) is 1. The molecule has 0 bridgehead atoms. The van der Waals surface area contributed by atoms with Crippen molar-refractivity contribution in [2.24, 2.45) is 0 Å². The maximum Gasteiger partial charge on any atom is 0.237 e. The molecule has 0 heterocycles. The first-order valence-electron chi connectivity index (χ1n) is 6.90. The van der Waals surface area contributed by atoms with Gasteiger partial charge in [0.1, 0.15) is 11.6 Å². The van der Waals surface area contributed by atoms with Crippen molar-refractivity contribution in [1.82, 2.24) is 0 Å². The minimum absolute atomic E-state index is 0.106. The fourth-order valence-corrected chi connectivity index (χ4v) is 2.74. The van der Waals surface area contributed by atoms with Gasteiger partial charge in [0.05, 0.1) is 18.0 Å². The van der Waals surface area contributed by atoms with Gasteiger partial charge in [-0.25, -0.2) is 4.39 Å². The highest BCUT2D eigenvalue weighted by atomic mass is 32.2. The maximum absolute atomic E-state index is 13.1. The Morgan fingerprint density at radius 3 is 2.77 bits per heavy atom. The molecular formula is C17H18FNO2S. The number of nitrogens with one attached hydrogen (secondary N) is 1. The Hall–Kier alpha value is -2.01. The molecule has 1 atom stereocenters. The molecule has 0 aliphatic carbocycles. The average molecular weight is 319 g/mol. The molecule has 0 aromatic heterocycles. The number of anilines is 1. The van der Waals surface area contributed by atoms with Crippen molar-refractivity contribution < 1.29 is 13.9 Å². The number of halogens is 1. The molecule has 22 heavy (non-hydrogen) atoms. The summed E-state index contributed by atoms with van der Waals surface area (Å²) in [5.41, 5.74) is 1.51. The van der Waals surface area contributed by atoms with Crippen LogP contribution in [0.25, 0.3) is 0 Å². The van der Waals surface area contributed by atoms with Crippen LogP contribution in [0, 0.1) is 5.82 Å². The van der Waals surface area contributed by atoms with Gasteiger partial charge in [-0.1, -0.05) is 24.3 Å². The van der Waals surface area contributed by atoms with E-state index in [1.54, 1.807) is 25.3 Å². The normalized spacial score (nSPS) is 11.8. The van der Waals surface area contributed by atoms with E-state index in [4.69, 9.17) is 4.74 Å².